The zero-order valence-corrected chi connectivity index (χ0v) is 14.4. The second-order valence-corrected chi connectivity index (χ2v) is 5.81. The van der Waals surface area contributed by atoms with Gasteiger partial charge in [0.05, 0.1) is 6.61 Å². The number of carbonyl (C=O) groups excluding carboxylic acids is 1. The summed E-state index contributed by atoms with van der Waals surface area (Å²) in [5.41, 5.74) is 7.31. The van der Waals surface area contributed by atoms with Gasteiger partial charge in [-0.25, -0.2) is 4.98 Å². The summed E-state index contributed by atoms with van der Waals surface area (Å²) in [6, 6.07) is 9.22. The fraction of sp³-hybridized carbons (Fsp3) is 0.389. The Morgan fingerprint density at radius 3 is 2.52 bits per heavy atom. The number of piperazine rings is 1. The molecule has 0 radical (unpaired) electrons. The molecule has 2 aromatic rings. The molecule has 1 aromatic heterocycles. The highest BCUT2D eigenvalue weighted by molar-refractivity contribution is 5.94. The molecule has 1 aliphatic heterocycles. The van der Waals surface area contributed by atoms with E-state index < -0.39 is 0 Å². The fourth-order valence-corrected chi connectivity index (χ4v) is 2.79. The van der Waals surface area contributed by atoms with Crippen LogP contribution in [0.1, 0.15) is 22.8 Å². The van der Waals surface area contributed by atoms with E-state index in [2.05, 4.69) is 14.9 Å². The molecule has 3 rings (SSSR count). The van der Waals surface area contributed by atoms with Crippen LogP contribution in [0, 0.1) is 0 Å². The van der Waals surface area contributed by atoms with Gasteiger partial charge in [0.15, 0.2) is 0 Å². The predicted octanol–water partition coefficient (Wildman–Crippen LogP) is 1.30. The minimum Gasteiger partial charge on any atom is -0.478 e. The van der Waals surface area contributed by atoms with Gasteiger partial charge in [0.2, 0.25) is 11.8 Å². The standard InChI is InChI=1S/C18H23N5O2/c1-2-25-16-7-8-20-18(21-16)23-11-9-22(10-12-23)17(24)15-5-3-14(13-19)4-6-15/h3-8H,2,9-13,19H2,1H3. The minimum absolute atomic E-state index is 0.0483. The average molecular weight is 341 g/mol. The van der Waals surface area contributed by atoms with E-state index in [4.69, 9.17) is 10.5 Å². The summed E-state index contributed by atoms with van der Waals surface area (Å²) >= 11 is 0. The highest BCUT2D eigenvalue weighted by Gasteiger charge is 2.23. The smallest absolute Gasteiger partial charge is 0.253 e. The molecule has 1 aliphatic rings. The molecule has 7 heteroatoms. The van der Waals surface area contributed by atoms with Gasteiger partial charge in [-0.15, -0.1) is 0 Å². The molecule has 1 fully saturated rings. The van der Waals surface area contributed by atoms with Gasteiger partial charge in [0, 0.05) is 50.6 Å². The van der Waals surface area contributed by atoms with Crippen molar-refractivity contribution in [2.45, 2.75) is 13.5 Å². The summed E-state index contributed by atoms with van der Waals surface area (Å²) in [6.07, 6.45) is 1.70. The number of benzene rings is 1. The van der Waals surface area contributed by atoms with Gasteiger partial charge in [-0.1, -0.05) is 12.1 Å². The normalized spacial score (nSPS) is 14.5. The van der Waals surface area contributed by atoms with Gasteiger partial charge < -0.3 is 20.3 Å². The average Bonchev–Trinajstić information content (AvgIpc) is 2.68. The van der Waals surface area contributed by atoms with Crippen LogP contribution in [0.2, 0.25) is 0 Å². The summed E-state index contributed by atoms with van der Waals surface area (Å²) in [5, 5.41) is 0. The number of ether oxygens (including phenoxy) is 1. The third-order valence-electron chi connectivity index (χ3n) is 4.20. The van der Waals surface area contributed by atoms with E-state index in [1.54, 1.807) is 12.3 Å². The number of aromatic nitrogens is 2. The fourth-order valence-electron chi connectivity index (χ4n) is 2.79. The molecular weight excluding hydrogens is 318 g/mol. The first kappa shape index (κ1) is 17.2. The van der Waals surface area contributed by atoms with E-state index in [0.29, 0.717) is 56.7 Å². The monoisotopic (exact) mass is 341 g/mol. The molecule has 0 saturated carbocycles. The highest BCUT2D eigenvalue weighted by Crippen LogP contribution is 2.16. The van der Waals surface area contributed by atoms with Crippen molar-refractivity contribution in [2.75, 3.05) is 37.7 Å². The number of hydrogen-bond donors (Lipinski definition) is 1. The first-order valence-corrected chi connectivity index (χ1v) is 8.50. The minimum atomic E-state index is 0.0483. The van der Waals surface area contributed by atoms with Gasteiger partial charge in [-0.3, -0.25) is 4.79 Å². The van der Waals surface area contributed by atoms with Crippen LogP contribution in [0.4, 0.5) is 5.95 Å². The molecule has 0 unspecified atom stereocenters. The molecule has 1 saturated heterocycles. The number of hydrogen-bond acceptors (Lipinski definition) is 6. The lowest BCUT2D eigenvalue weighted by atomic mass is 10.1. The zero-order chi connectivity index (χ0) is 17.6. The van der Waals surface area contributed by atoms with Crippen LogP contribution in [0.25, 0.3) is 0 Å². The molecule has 2 N–H and O–H groups in total. The maximum Gasteiger partial charge on any atom is 0.253 e. The van der Waals surface area contributed by atoms with Gasteiger partial charge in [-0.05, 0) is 24.6 Å². The first-order chi connectivity index (χ1) is 12.2. The maximum atomic E-state index is 12.6. The number of amides is 1. The van der Waals surface area contributed by atoms with Crippen LogP contribution in [0.3, 0.4) is 0 Å². The van der Waals surface area contributed by atoms with Crippen LogP contribution >= 0.6 is 0 Å². The summed E-state index contributed by atoms with van der Waals surface area (Å²) < 4.78 is 5.42. The molecule has 1 aromatic carbocycles. The lowest BCUT2D eigenvalue weighted by Gasteiger charge is -2.34. The van der Waals surface area contributed by atoms with Crippen LogP contribution in [-0.4, -0.2) is 53.6 Å². The Morgan fingerprint density at radius 1 is 1.16 bits per heavy atom. The number of nitrogens with zero attached hydrogens (tertiary/aromatic N) is 4. The van der Waals surface area contributed by atoms with E-state index in [-0.39, 0.29) is 5.91 Å². The Bertz CT molecular complexity index is 712. The Morgan fingerprint density at radius 2 is 1.88 bits per heavy atom. The summed E-state index contributed by atoms with van der Waals surface area (Å²) in [4.78, 5) is 25.3. The Kier molecular flexibility index (Phi) is 5.45. The lowest BCUT2D eigenvalue weighted by molar-refractivity contribution is 0.0746. The van der Waals surface area contributed by atoms with Crippen molar-refractivity contribution in [3.05, 3.63) is 47.7 Å². The van der Waals surface area contributed by atoms with Gasteiger partial charge >= 0.3 is 0 Å². The third kappa shape index (κ3) is 4.06. The molecule has 2 heterocycles. The number of rotatable bonds is 5. The van der Waals surface area contributed by atoms with Crippen molar-refractivity contribution in [1.29, 1.82) is 0 Å². The maximum absolute atomic E-state index is 12.6. The molecule has 0 aliphatic carbocycles. The van der Waals surface area contributed by atoms with Gasteiger partial charge in [-0.2, -0.15) is 4.98 Å². The second kappa shape index (κ2) is 7.94. The lowest BCUT2D eigenvalue weighted by Crippen LogP contribution is -2.49. The van der Waals surface area contributed by atoms with Crippen molar-refractivity contribution in [2.24, 2.45) is 5.73 Å². The van der Waals surface area contributed by atoms with E-state index in [9.17, 15) is 4.79 Å². The molecule has 7 nitrogen and oxygen atoms in total. The Labute approximate surface area is 147 Å². The molecule has 0 atom stereocenters. The van der Waals surface area contributed by atoms with Crippen molar-refractivity contribution in [3.63, 3.8) is 0 Å². The summed E-state index contributed by atoms with van der Waals surface area (Å²) in [6.45, 7) is 5.64. The van der Waals surface area contributed by atoms with Crippen LogP contribution in [-0.2, 0) is 6.54 Å². The van der Waals surface area contributed by atoms with Crippen molar-refractivity contribution < 1.29 is 9.53 Å². The van der Waals surface area contributed by atoms with E-state index >= 15 is 0 Å². The topological polar surface area (TPSA) is 84.6 Å². The van der Waals surface area contributed by atoms with E-state index in [1.165, 1.54) is 0 Å². The number of nitrogens with two attached hydrogens (primary N) is 1. The molecule has 132 valence electrons. The van der Waals surface area contributed by atoms with E-state index in [1.807, 2.05) is 36.1 Å². The van der Waals surface area contributed by atoms with Crippen molar-refractivity contribution in [1.82, 2.24) is 14.9 Å². The molecule has 0 spiro atoms. The van der Waals surface area contributed by atoms with E-state index in [0.717, 1.165) is 5.56 Å². The Balaban J connectivity index is 1.61. The number of carbonyl (C=O) groups is 1. The van der Waals surface area contributed by atoms with Crippen LogP contribution in [0.15, 0.2) is 36.5 Å². The molecular formula is C18H23N5O2. The largest absolute Gasteiger partial charge is 0.478 e. The molecule has 25 heavy (non-hydrogen) atoms. The zero-order valence-electron chi connectivity index (χ0n) is 14.4. The quantitative estimate of drug-likeness (QED) is 0.882. The Hall–Kier alpha value is -2.67. The number of anilines is 1. The van der Waals surface area contributed by atoms with Crippen molar-refractivity contribution >= 4 is 11.9 Å². The first-order valence-electron chi connectivity index (χ1n) is 8.50. The van der Waals surface area contributed by atoms with Crippen LogP contribution < -0.4 is 15.4 Å². The van der Waals surface area contributed by atoms with Crippen LogP contribution in [0.5, 0.6) is 5.88 Å². The van der Waals surface area contributed by atoms with Crippen molar-refractivity contribution in [3.8, 4) is 5.88 Å². The predicted molar refractivity (Wildman–Crippen MR) is 95.7 cm³/mol. The third-order valence-corrected chi connectivity index (χ3v) is 4.20. The molecule has 1 amide bonds. The summed E-state index contributed by atoms with van der Waals surface area (Å²) in [5.74, 6) is 1.27. The van der Waals surface area contributed by atoms with Gasteiger partial charge in [0.25, 0.3) is 5.91 Å². The molecule has 0 bridgehead atoms. The highest BCUT2D eigenvalue weighted by atomic mass is 16.5. The SMILES string of the molecule is CCOc1ccnc(N2CCN(C(=O)c3ccc(CN)cc3)CC2)n1. The summed E-state index contributed by atoms with van der Waals surface area (Å²) in [7, 11) is 0. The second-order valence-electron chi connectivity index (χ2n) is 5.81. The van der Waals surface area contributed by atoms with Gasteiger partial charge in [0.1, 0.15) is 0 Å².